The predicted molar refractivity (Wildman–Crippen MR) is 98.4 cm³/mol. The Morgan fingerprint density at radius 3 is 2.48 bits per heavy atom. The zero-order valence-corrected chi connectivity index (χ0v) is 15.3. The van der Waals surface area contributed by atoms with Crippen molar-refractivity contribution in [1.82, 2.24) is 5.32 Å². The summed E-state index contributed by atoms with van der Waals surface area (Å²) < 4.78 is 9.61. The number of esters is 1. The second-order valence-corrected chi connectivity index (χ2v) is 6.09. The minimum absolute atomic E-state index is 0.0841. The van der Waals surface area contributed by atoms with Crippen LogP contribution in [0, 0.1) is 0 Å². The van der Waals surface area contributed by atoms with E-state index < -0.39 is 24.3 Å². The van der Waals surface area contributed by atoms with Gasteiger partial charge in [-0.15, -0.1) is 0 Å². The number of rotatable bonds is 7. The van der Waals surface area contributed by atoms with Gasteiger partial charge in [-0.05, 0) is 23.3 Å². The third-order valence-electron chi connectivity index (χ3n) is 3.77. The van der Waals surface area contributed by atoms with Gasteiger partial charge in [-0.25, -0.2) is 9.59 Å². The van der Waals surface area contributed by atoms with E-state index in [0.717, 1.165) is 5.56 Å². The molecule has 2 rings (SSSR count). The first-order valence-corrected chi connectivity index (χ1v) is 8.48. The SMILES string of the molecule is COC(=O)c1ccc(C(O)C(O)CNC(=O)OCc2ccccc2)cc1Cl. The van der Waals surface area contributed by atoms with Crippen molar-refractivity contribution in [1.29, 1.82) is 0 Å². The largest absolute Gasteiger partial charge is 0.465 e. The number of halogens is 1. The molecule has 0 saturated carbocycles. The molecule has 0 spiro atoms. The van der Waals surface area contributed by atoms with Crippen LogP contribution in [0.3, 0.4) is 0 Å². The van der Waals surface area contributed by atoms with E-state index in [9.17, 15) is 19.8 Å². The summed E-state index contributed by atoms with van der Waals surface area (Å²) >= 11 is 6.00. The monoisotopic (exact) mass is 393 g/mol. The molecule has 0 saturated heterocycles. The molecule has 0 aliphatic rings. The van der Waals surface area contributed by atoms with E-state index in [2.05, 4.69) is 10.1 Å². The van der Waals surface area contributed by atoms with Crippen LogP contribution in [-0.4, -0.2) is 42.0 Å². The molecule has 2 unspecified atom stereocenters. The number of hydrogen-bond donors (Lipinski definition) is 3. The number of alkyl carbamates (subject to hydrolysis) is 1. The number of methoxy groups -OCH3 is 1. The normalized spacial score (nSPS) is 12.7. The van der Waals surface area contributed by atoms with Gasteiger partial charge in [-0.1, -0.05) is 48.0 Å². The van der Waals surface area contributed by atoms with Gasteiger partial charge in [0.05, 0.1) is 17.7 Å². The van der Waals surface area contributed by atoms with Crippen LogP contribution in [-0.2, 0) is 16.1 Å². The van der Waals surface area contributed by atoms with Crippen LogP contribution in [0.25, 0.3) is 0 Å². The average molecular weight is 394 g/mol. The highest BCUT2D eigenvalue weighted by molar-refractivity contribution is 6.33. The highest BCUT2D eigenvalue weighted by Crippen LogP contribution is 2.24. The van der Waals surface area contributed by atoms with Crippen LogP contribution in [0.15, 0.2) is 48.5 Å². The summed E-state index contributed by atoms with van der Waals surface area (Å²) in [5, 5.41) is 22.7. The molecule has 2 aromatic rings. The molecule has 1 amide bonds. The van der Waals surface area contributed by atoms with E-state index in [-0.39, 0.29) is 23.7 Å². The number of carbonyl (C=O) groups excluding carboxylic acids is 2. The molecular formula is C19H20ClNO6. The lowest BCUT2D eigenvalue weighted by atomic mass is 10.0. The van der Waals surface area contributed by atoms with Crippen LogP contribution >= 0.6 is 11.6 Å². The Kier molecular flexibility index (Phi) is 7.60. The highest BCUT2D eigenvalue weighted by atomic mass is 35.5. The summed E-state index contributed by atoms with van der Waals surface area (Å²) in [7, 11) is 1.23. The number of benzene rings is 2. The van der Waals surface area contributed by atoms with E-state index in [1.807, 2.05) is 30.3 Å². The molecule has 0 radical (unpaired) electrons. The molecule has 0 aromatic heterocycles. The fourth-order valence-corrected chi connectivity index (χ4v) is 2.55. The van der Waals surface area contributed by atoms with Crippen molar-refractivity contribution >= 4 is 23.7 Å². The molecule has 2 atom stereocenters. The predicted octanol–water partition coefficient (Wildman–Crippen LogP) is 2.45. The van der Waals surface area contributed by atoms with Crippen molar-refractivity contribution in [2.24, 2.45) is 0 Å². The number of aliphatic hydroxyl groups excluding tert-OH is 2. The van der Waals surface area contributed by atoms with Gasteiger partial charge in [-0.2, -0.15) is 0 Å². The second kappa shape index (κ2) is 9.91. The Morgan fingerprint density at radius 2 is 1.85 bits per heavy atom. The fraction of sp³-hybridized carbons (Fsp3) is 0.263. The lowest BCUT2D eigenvalue weighted by Gasteiger charge is -2.19. The Morgan fingerprint density at radius 1 is 1.15 bits per heavy atom. The molecule has 0 fully saturated rings. The van der Waals surface area contributed by atoms with Gasteiger partial charge < -0.3 is 25.0 Å². The van der Waals surface area contributed by atoms with Crippen LogP contribution in [0.5, 0.6) is 0 Å². The molecule has 8 heteroatoms. The lowest BCUT2D eigenvalue weighted by Crippen LogP contribution is -2.35. The van der Waals surface area contributed by atoms with Crippen LogP contribution < -0.4 is 5.32 Å². The number of nitrogens with one attached hydrogen (secondary N) is 1. The smallest absolute Gasteiger partial charge is 0.407 e. The number of hydrogen-bond acceptors (Lipinski definition) is 6. The summed E-state index contributed by atoms with van der Waals surface area (Å²) in [4.78, 5) is 23.2. The quantitative estimate of drug-likeness (QED) is 0.624. The average Bonchev–Trinajstić information content (AvgIpc) is 2.69. The number of ether oxygens (including phenoxy) is 2. The number of amides is 1. The van der Waals surface area contributed by atoms with E-state index in [4.69, 9.17) is 16.3 Å². The molecule has 2 aromatic carbocycles. The van der Waals surface area contributed by atoms with Gasteiger partial charge in [0.15, 0.2) is 0 Å². The minimum atomic E-state index is -1.32. The van der Waals surface area contributed by atoms with E-state index in [1.54, 1.807) is 0 Å². The first kappa shape index (κ1) is 20.7. The van der Waals surface area contributed by atoms with Crippen LogP contribution in [0.1, 0.15) is 27.6 Å². The van der Waals surface area contributed by atoms with Crippen molar-refractivity contribution < 1.29 is 29.3 Å². The summed E-state index contributed by atoms with van der Waals surface area (Å²) in [5.74, 6) is -0.607. The van der Waals surface area contributed by atoms with Crippen molar-refractivity contribution in [3.8, 4) is 0 Å². The van der Waals surface area contributed by atoms with Gasteiger partial charge in [0.1, 0.15) is 18.8 Å². The highest BCUT2D eigenvalue weighted by Gasteiger charge is 2.21. The summed E-state index contributed by atoms with van der Waals surface area (Å²) in [6, 6.07) is 13.3. The zero-order valence-electron chi connectivity index (χ0n) is 14.6. The molecule has 0 aliphatic heterocycles. The molecular weight excluding hydrogens is 374 g/mol. The number of aliphatic hydroxyl groups is 2. The zero-order chi connectivity index (χ0) is 19.8. The van der Waals surface area contributed by atoms with Crippen molar-refractivity contribution in [2.75, 3.05) is 13.7 Å². The Labute approximate surface area is 161 Å². The Bertz CT molecular complexity index is 783. The Balaban J connectivity index is 1.86. The number of carbonyl (C=O) groups is 2. The summed E-state index contributed by atoms with van der Waals surface area (Å²) in [6.07, 6.45) is -3.33. The first-order valence-electron chi connectivity index (χ1n) is 8.10. The van der Waals surface area contributed by atoms with Crippen LogP contribution in [0.4, 0.5) is 4.79 Å². The lowest BCUT2D eigenvalue weighted by molar-refractivity contribution is 0.0184. The maximum atomic E-state index is 11.7. The third-order valence-corrected chi connectivity index (χ3v) is 4.09. The molecule has 27 heavy (non-hydrogen) atoms. The third kappa shape index (κ3) is 5.96. The topological polar surface area (TPSA) is 105 Å². The first-order chi connectivity index (χ1) is 12.9. The van der Waals surface area contributed by atoms with Gasteiger partial charge in [0.2, 0.25) is 0 Å². The second-order valence-electron chi connectivity index (χ2n) is 5.69. The molecule has 0 heterocycles. The summed E-state index contributed by atoms with van der Waals surface area (Å²) in [5.41, 5.74) is 1.26. The van der Waals surface area contributed by atoms with Gasteiger partial charge in [-0.3, -0.25) is 0 Å². The molecule has 0 aliphatic carbocycles. The van der Waals surface area contributed by atoms with Crippen molar-refractivity contribution in [3.63, 3.8) is 0 Å². The van der Waals surface area contributed by atoms with E-state index >= 15 is 0 Å². The van der Waals surface area contributed by atoms with Crippen molar-refractivity contribution in [2.45, 2.75) is 18.8 Å². The molecule has 144 valence electrons. The maximum Gasteiger partial charge on any atom is 0.407 e. The van der Waals surface area contributed by atoms with Crippen molar-refractivity contribution in [3.05, 3.63) is 70.2 Å². The van der Waals surface area contributed by atoms with E-state index in [0.29, 0.717) is 5.56 Å². The molecule has 0 bridgehead atoms. The van der Waals surface area contributed by atoms with Gasteiger partial charge in [0.25, 0.3) is 0 Å². The van der Waals surface area contributed by atoms with Crippen LogP contribution in [0.2, 0.25) is 5.02 Å². The summed E-state index contributed by atoms with van der Waals surface area (Å²) in [6.45, 7) is -0.138. The fourth-order valence-electron chi connectivity index (χ4n) is 2.29. The van der Waals surface area contributed by atoms with E-state index in [1.165, 1.54) is 25.3 Å². The maximum absolute atomic E-state index is 11.7. The molecule has 3 N–H and O–H groups in total. The minimum Gasteiger partial charge on any atom is -0.465 e. The van der Waals surface area contributed by atoms with Gasteiger partial charge in [0, 0.05) is 6.54 Å². The van der Waals surface area contributed by atoms with Gasteiger partial charge >= 0.3 is 12.1 Å². The Hall–Kier alpha value is -2.61. The standard InChI is InChI=1S/C19H20ClNO6/c1-26-18(24)14-8-7-13(9-15(14)20)17(23)16(22)10-21-19(25)27-11-12-5-3-2-4-6-12/h2-9,16-17,22-23H,10-11H2,1H3,(H,21,25). The molecule has 7 nitrogen and oxygen atoms in total.